The summed E-state index contributed by atoms with van der Waals surface area (Å²) in [5.41, 5.74) is 6.70. The number of anilines is 1. The molecule has 0 saturated carbocycles. The van der Waals surface area contributed by atoms with E-state index in [1.807, 2.05) is 0 Å². The Bertz CT molecular complexity index is 739. The molecular formula is C12H9F3N4. The van der Waals surface area contributed by atoms with Crippen LogP contribution in [0.1, 0.15) is 5.56 Å². The Morgan fingerprint density at radius 3 is 2.47 bits per heavy atom. The number of nitrogens with one attached hydrogen (secondary N) is 2. The van der Waals surface area contributed by atoms with Crippen LogP contribution in [-0.4, -0.2) is 15.2 Å². The van der Waals surface area contributed by atoms with Crippen molar-refractivity contribution in [2.45, 2.75) is 6.18 Å². The molecule has 0 aliphatic heterocycles. The second-order valence-corrected chi connectivity index (χ2v) is 4.19. The molecule has 7 heteroatoms. The molecule has 1 aromatic carbocycles. The van der Waals surface area contributed by atoms with E-state index < -0.39 is 11.7 Å². The predicted molar refractivity (Wildman–Crippen MR) is 65.3 cm³/mol. The van der Waals surface area contributed by atoms with Crippen LogP contribution in [0, 0.1) is 0 Å². The molecule has 2 heterocycles. The van der Waals surface area contributed by atoms with E-state index >= 15 is 0 Å². The van der Waals surface area contributed by atoms with Gasteiger partial charge in [0.15, 0.2) is 0 Å². The second-order valence-electron chi connectivity index (χ2n) is 4.19. The number of nitrogens with zero attached hydrogens (tertiary/aromatic N) is 1. The summed E-state index contributed by atoms with van der Waals surface area (Å²) in [4.78, 5) is 3.01. The zero-order chi connectivity index (χ0) is 13.6. The van der Waals surface area contributed by atoms with Gasteiger partial charge >= 0.3 is 6.18 Å². The minimum absolute atomic E-state index is 0.324. The molecule has 0 atom stereocenters. The molecule has 0 radical (unpaired) electrons. The molecule has 0 unspecified atom stereocenters. The van der Waals surface area contributed by atoms with Crippen molar-refractivity contribution in [2.75, 3.05) is 5.73 Å². The maximum absolute atomic E-state index is 12.6. The Morgan fingerprint density at radius 1 is 1.05 bits per heavy atom. The fourth-order valence-corrected chi connectivity index (χ4v) is 1.93. The summed E-state index contributed by atoms with van der Waals surface area (Å²) < 4.78 is 37.8. The average molecular weight is 266 g/mol. The number of halogens is 3. The van der Waals surface area contributed by atoms with Crippen LogP contribution in [-0.2, 0) is 6.18 Å². The summed E-state index contributed by atoms with van der Waals surface area (Å²) in [5.74, 6) is 0.324. The van der Waals surface area contributed by atoms with Crippen molar-refractivity contribution in [2.24, 2.45) is 0 Å². The molecule has 0 saturated heterocycles. The molecule has 0 aliphatic rings. The highest BCUT2D eigenvalue weighted by molar-refractivity contribution is 5.86. The fourth-order valence-electron chi connectivity index (χ4n) is 1.93. The van der Waals surface area contributed by atoms with Gasteiger partial charge in [0.25, 0.3) is 0 Å². The van der Waals surface area contributed by atoms with Gasteiger partial charge in [0.2, 0.25) is 0 Å². The Hall–Kier alpha value is -2.44. The highest BCUT2D eigenvalue weighted by atomic mass is 19.4. The molecular weight excluding hydrogens is 257 g/mol. The predicted octanol–water partition coefficient (Wildman–Crippen LogP) is 3.16. The molecule has 0 amide bonds. The molecule has 4 N–H and O–H groups in total. The molecule has 0 spiro atoms. The third kappa shape index (κ3) is 2.03. The summed E-state index contributed by atoms with van der Waals surface area (Å²) in [6, 6.07) is 6.79. The SMILES string of the molecule is Nc1cc(-c2cc3cc(C(F)(F)F)ccc3[nH]2)[nH]n1. The highest BCUT2D eigenvalue weighted by Gasteiger charge is 2.30. The van der Waals surface area contributed by atoms with E-state index in [-0.39, 0.29) is 0 Å². The first-order valence-corrected chi connectivity index (χ1v) is 5.45. The first-order chi connectivity index (χ1) is 8.93. The Balaban J connectivity index is 2.11. The third-order valence-electron chi connectivity index (χ3n) is 2.84. The fraction of sp³-hybridized carbons (Fsp3) is 0.0833. The van der Waals surface area contributed by atoms with E-state index in [1.165, 1.54) is 6.07 Å². The zero-order valence-corrected chi connectivity index (χ0v) is 9.55. The van der Waals surface area contributed by atoms with Crippen molar-refractivity contribution in [3.63, 3.8) is 0 Å². The number of H-pyrrole nitrogens is 2. The number of fused-ring (bicyclic) bond motifs is 1. The van der Waals surface area contributed by atoms with Gasteiger partial charge in [0.1, 0.15) is 5.82 Å². The zero-order valence-electron chi connectivity index (χ0n) is 9.55. The van der Waals surface area contributed by atoms with Crippen LogP contribution in [0.3, 0.4) is 0 Å². The lowest BCUT2D eigenvalue weighted by molar-refractivity contribution is -0.137. The molecule has 0 bridgehead atoms. The van der Waals surface area contributed by atoms with E-state index in [1.54, 1.807) is 12.1 Å². The van der Waals surface area contributed by atoms with Crippen LogP contribution in [0.2, 0.25) is 0 Å². The van der Waals surface area contributed by atoms with Crippen molar-refractivity contribution < 1.29 is 13.2 Å². The standard InChI is InChI=1S/C12H9F3N4/c13-12(14,15)7-1-2-8-6(3-7)4-9(17-8)10-5-11(16)19-18-10/h1-5,17H,(H3,16,18,19). The minimum atomic E-state index is -4.34. The molecule has 19 heavy (non-hydrogen) atoms. The molecule has 2 aromatic heterocycles. The van der Waals surface area contributed by atoms with Crippen molar-refractivity contribution in [1.29, 1.82) is 0 Å². The Morgan fingerprint density at radius 2 is 1.84 bits per heavy atom. The molecule has 4 nitrogen and oxygen atoms in total. The van der Waals surface area contributed by atoms with Crippen molar-refractivity contribution in [1.82, 2.24) is 15.2 Å². The minimum Gasteiger partial charge on any atom is -0.382 e. The van der Waals surface area contributed by atoms with E-state index in [9.17, 15) is 13.2 Å². The van der Waals surface area contributed by atoms with Crippen LogP contribution in [0.4, 0.5) is 19.0 Å². The smallest absolute Gasteiger partial charge is 0.382 e. The highest BCUT2D eigenvalue weighted by Crippen LogP contribution is 2.32. The lowest BCUT2D eigenvalue weighted by Gasteiger charge is -2.05. The van der Waals surface area contributed by atoms with Crippen LogP contribution >= 0.6 is 0 Å². The van der Waals surface area contributed by atoms with Gasteiger partial charge in [-0.15, -0.1) is 0 Å². The number of hydrogen-bond acceptors (Lipinski definition) is 2. The average Bonchev–Trinajstić information content (AvgIpc) is 2.92. The van der Waals surface area contributed by atoms with Crippen LogP contribution in [0.15, 0.2) is 30.3 Å². The summed E-state index contributed by atoms with van der Waals surface area (Å²) in [7, 11) is 0. The molecule has 0 fully saturated rings. The number of alkyl halides is 3. The van der Waals surface area contributed by atoms with E-state index in [2.05, 4.69) is 15.2 Å². The monoisotopic (exact) mass is 266 g/mol. The maximum Gasteiger partial charge on any atom is 0.416 e. The molecule has 3 aromatic rings. The van der Waals surface area contributed by atoms with Gasteiger partial charge in [-0.3, -0.25) is 5.10 Å². The number of nitrogens with two attached hydrogens (primary N) is 1. The van der Waals surface area contributed by atoms with Gasteiger partial charge in [-0.25, -0.2) is 0 Å². The number of rotatable bonds is 1. The molecule has 98 valence electrons. The van der Waals surface area contributed by atoms with Crippen molar-refractivity contribution in [3.05, 3.63) is 35.9 Å². The van der Waals surface area contributed by atoms with E-state index in [0.717, 1.165) is 12.1 Å². The summed E-state index contributed by atoms with van der Waals surface area (Å²) in [6.07, 6.45) is -4.34. The van der Waals surface area contributed by atoms with Gasteiger partial charge in [-0.2, -0.15) is 18.3 Å². The summed E-state index contributed by atoms with van der Waals surface area (Å²) in [6.45, 7) is 0. The van der Waals surface area contributed by atoms with Crippen LogP contribution < -0.4 is 5.73 Å². The topological polar surface area (TPSA) is 70.5 Å². The largest absolute Gasteiger partial charge is 0.416 e. The number of nitrogen functional groups attached to an aromatic ring is 1. The second kappa shape index (κ2) is 3.78. The first kappa shape index (κ1) is 11.6. The molecule has 3 rings (SSSR count). The lowest BCUT2D eigenvalue weighted by Crippen LogP contribution is -2.03. The van der Waals surface area contributed by atoms with Crippen LogP contribution in [0.5, 0.6) is 0 Å². The third-order valence-corrected chi connectivity index (χ3v) is 2.84. The maximum atomic E-state index is 12.6. The van der Waals surface area contributed by atoms with Crippen molar-refractivity contribution in [3.8, 4) is 11.4 Å². The van der Waals surface area contributed by atoms with Gasteiger partial charge in [-0.05, 0) is 24.3 Å². The molecule has 0 aliphatic carbocycles. The quantitative estimate of drug-likeness (QED) is 0.633. The normalized spacial score (nSPS) is 12.2. The number of aromatic amines is 2. The van der Waals surface area contributed by atoms with Crippen LogP contribution in [0.25, 0.3) is 22.3 Å². The summed E-state index contributed by atoms with van der Waals surface area (Å²) >= 11 is 0. The van der Waals surface area contributed by atoms with Gasteiger partial charge < -0.3 is 10.7 Å². The van der Waals surface area contributed by atoms with Gasteiger partial charge in [-0.1, -0.05) is 0 Å². The Labute approximate surface area is 105 Å². The Kier molecular flexibility index (Phi) is 2.31. The van der Waals surface area contributed by atoms with Gasteiger partial charge in [0, 0.05) is 17.0 Å². The lowest BCUT2D eigenvalue weighted by atomic mass is 10.1. The number of aromatic nitrogens is 3. The number of benzene rings is 1. The van der Waals surface area contributed by atoms with Gasteiger partial charge in [0.05, 0.1) is 17.0 Å². The van der Waals surface area contributed by atoms with Crippen molar-refractivity contribution >= 4 is 16.7 Å². The van der Waals surface area contributed by atoms with E-state index in [0.29, 0.717) is 28.1 Å². The first-order valence-electron chi connectivity index (χ1n) is 5.45. The van der Waals surface area contributed by atoms with E-state index in [4.69, 9.17) is 5.73 Å². The summed E-state index contributed by atoms with van der Waals surface area (Å²) in [5, 5.41) is 6.96. The number of hydrogen-bond donors (Lipinski definition) is 3.